The SMILES string of the molecule is CCOC(=O)C(C(=O)NCCOCC(F)(F)F)C(C)(C)C. The molecule has 0 saturated heterocycles. The van der Waals surface area contributed by atoms with Gasteiger partial charge in [-0.05, 0) is 12.3 Å². The van der Waals surface area contributed by atoms with Gasteiger partial charge in [-0.2, -0.15) is 13.2 Å². The van der Waals surface area contributed by atoms with Crippen LogP contribution in [-0.4, -0.2) is 44.4 Å². The maximum atomic E-state index is 12.0. The number of ether oxygens (including phenoxy) is 2. The van der Waals surface area contributed by atoms with Gasteiger partial charge in [0.2, 0.25) is 5.91 Å². The van der Waals surface area contributed by atoms with E-state index in [1.165, 1.54) is 0 Å². The van der Waals surface area contributed by atoms with Gasteiger partial charge in [-0.15, -0.1) is 0 Å². The van der Waals surface area contributed by atoms with E-state index in [0.717, 1.165) is 0 Å². The Morgan fingerprint density at radius 2 is 1.76 bits per heavy atom. The van der Waals surface area contributed by atoms with Crippen molar-refractivity contribution >= 4 is 11.9 Å². The van der Waals surface area contributed by atoms with E-state index in [1.807, 2.05) is 0 Å². The molecule has 0 aliphatic carbocycles. The van der Waals surface area contributed by atoms with Gasteiger partial charge in [0.05, 0.1) is 13.2 Å². The molecule has 0 aromatic rings. The largest absolute Gasteiger partial charge is 0.465 e. The molecule has 1 amide bonds. The Balaban J connectivity index is 4.34. The summed E-state index contributed by atoms with van der Waals surface area (Å²) in [7, 11) is 0. The van der Waals surface area contributed by atoms with Gasteiger partial charge in [0.1, 0.15) is 12.5 Å². The van der Waals surface area contributed by atoms with Gasteiger partial charge in [0, 0.05) is 6.54 Å². The first-order valence-electron chi connectivity index (χ1n) is 6.58. The van der Waals surface area contributed by atoms with Crippen molar-refractivity contribution in [3.05, 3.63) is 0 Å². The third-order valence-corrected chi connectivity index (χ3v) is 2.46. The average molecular weight is 313 g/mol. The zero-order valence-corrected chi connectivity index (χ0v) is 12.7. The smallest absolute Gasteiger partial charge is 0.411 e. The van der Waals surface area contributed by atoms with Crippen LogP contribution >= 0.6 is 0 Å². The molecule has 0 aliphatic heterocycles. The number of halogens is 3. The number of carbonyl (C=O) groups is 2. The van der Waals surface area contributed by atoms with E-state index >= 15 is 0 Å². The monoisotopic (exact) mass is 313 g/mol. The van der Waals surface area contributed by atoms with Crippen LogP contribution in [0.3, 0.4) is 0 Å². The maximum Gasteiger partial charge on any atom is 0.411 e. The Morgan fingerprint density at radius 3 is 2.19 bits per heavy atom. The normalized spacial score (nSPS) is 13.7. The lowest BCUT2D eigenvalue weighted by atomic mass is 9.80. The fraction of sp³-hybridized carbons (Fsp3) is 0.846. The van der Waals surface area contributed by atoms with Crippen molar-refractivity contribution in [2.24, 2.45) is 11.3 Å². The van der Waals surface area contributed by atoms with Crippen molar-refractivity contribution in [2.45, 2.75) is 33.9 Å². The van der Waals surface area contributed by atoms with E-state index in [1.54, 1.807) is 27.7 Å². The lowest BCUT2D eigenvalue weighted by molar-refractivity contribution is -0.173. The van der Waals surface area contributed by atoms with Crippen molar-refractivity contribution in [1.29, 1.82) is 0 Å². The number of carbonyl (C=O) groups excluding carboxylic acids is 2. The van der Waals surface area contributed by atoms with E-state index in [9.17, 15) is 22.8 Å². The van der Waals surface area contributed by atoms with Gasteiger partial charge in [-0.25, -0.2) is 0 Å². The highest BCUT2D eigenvalue weighted by Gasteiger charge is 2.38. The quantitative estimate of drug-likeness (QED) is 0.443. The summed E-state index contributed by atoms with van der Waals surface area (Å²) < 4.78 is 44.7. The first-order valence-corrected chi connectivity index (χ1v) is 6.58. The predicted molar refractivity (Wildman–Crippen MR) is 69.5 cm³/mol. The number of alkyl halides is 3. The van der Waals surface area contributed by atoms with Crippen molar-refractivity contribution in [3.63, 3.8) is 0 Å². The van der Waals surface area contributed by atoms with E-state index in [2.05, 4.69) is 10.1 Å². The molecule has 0 aliphatic rings. The van der Waals surface area contributed by atoms with E-state index in [0.29, 0.717) is 0 Å². The minimum atomic E-state index is -4.40. The van der Waals surface area contributed by atoms with Crippen LogP contribution in [0.1, 0.15) is 27.7 Å². The third-order valence-electron chi connectivity index (χ3n) is 2.46. The molecule has 124 valence electrons. The third kappa shape index (κ3) is 8.54. The van der Waals surface area contributed by atoms with Crippen molar-refractivity contribution in [2.75, 3.05) is 26.4 Å². The van der Waals surface area contributed by atoms with Crippen molar-refractivity contribution < 1.29 is 32.2 Å². The molecular weight excluding hydrogens is 291 g/mol. The molecule has 0 rings (SSSR count). The van der Waals surface area contributed by atoms with Crippen LogP contribution in [-0.2, 0) is 19.1 Å². The second-order valence-corrected chi connectivity index (χ2v) is 5.51. The number of rotatable bonds is 7. The van der Waals surface area contributed by atoms with Crippen LogP contribution in [0, 0.1) is 11.3 Å². The van der Waals surface area contributed by atoms with Crippen molar-refractivity contribution in [3.8, 4) is 0 Å². The van der Waals surface area contributed by atoms with Gasteiger partial charge >= 0.3 is 12.1 Å². The molecule has 1 N–H and O–H groups in total. The predicted octanol–water partition coefficient (Wildman–Crippen LogP) is 1.91. The first-order chi connectivity index (χ1) is 9.49. The summed E-state index contributed by atoms with van der Waals surface area (Å²) in [6.07, 6.45) is -4.40. The molecule has 0 spiro atoms. The molecule has 0 aromatic heterocycles. The van der Waals surface area contributed by atoms with Gasteiger partial charge < -0.3 is 14.8 Å². The van der Waals surface area contributed by atoms with E-state index < -0.39 is 36.0 Å². The molecule has 0 fully saturated rings. The second-order valence-electron chi connectivity index (χ2n) is 5.51. The van der Waals surface area contributed by atoms with E-state index in [-0.39, 0.29) is 19.8 Å². The van der Waals surface area contributed by atoms with Gasteiger partial charge in [-0.3, -0.25) is 9.59 Å². The lowest BCUT2D eigenvalue weighted by Crippen LogP contribution is -2.44. The summed E-state index contributed by atoms with van der Waals surface area (Å²) in [4.78, 5) is 23.8. The second kappa shape index (κ2) is 8.21. The van der Waals surface area contributed by atoms with Crippen LogP contribution in [0.25, 0.3) is 0 Å². The van der Waals surface area contributed by atoms with Crippen LogP contribution in [0.2, 0.25) is 0 Å². The van der Waals surface area contributed by atoms with Crippen LogP contribution in [0.5, 0.6) is 0 Å². The zero-order valence-electron chi connectivity index (χ0n) is 12.7. The molecule has 1 unspecified atom stereocenters. The Hall–Kier alpha value is -1.31. The highest BCUT2D eigenvalue weighted by molar-refractivity contribution is 5.98. The maximum absolute atomic E-state index is 12.0. The Labute approximate surface area is 122 Å². The number of hydrogen-bond donors (Lipinski definition) is 1. The fourth-order valence-corrected chi connectivity index (χ4v) is 1.62. The molecule has 1 atom stereocenters. The summed E-state index contributed by atoms with van der Waals surface area (Å²) in [5.74, 6) is -2.27. The molecule has 5 nitrogen and oxygen atoms in total. The minimum Gasteiger partial charge on any atom is -0.465 e. The zero-order chi connectivity index (χ0) is 16.7. The lowest BCUT2D eigenvalue weighted by Gasteiger charge is -2.27. The van der Waals surface area contributed by atoms with Gasteiger partial charge in [0.25, 0.3) is 0 Å². The molecular formula is C13H22F3NO4. The van der Waals surface area contributed by atoms with Crippen LogP contribution in [0.4, 0.5) is 13.2 Å². The number of esters is 1. The molecule has 0 radical (unpaired) electrons. The van der Waals surface area contributed by atoms with Crippen LogP contribution < -0.4 is 5.32 Å². The molecule has 0 saturated carbocycles. The Morgan fingerprint density at radius 1 is 1.19 bits per heavy atom. The Kier molecular flexibility index (Phi) is 7.70. The van der Waals surface area contributed by atoms with Crippen molar-refractivity contribution in [1.82, 2.24) is 5.32 Å². The summed E-state index contributed by atoms with van der Waals surface area (Å²) in [6.45, 7) is 5.11. The summed E-state index contributed by atoms with van der Waals surface area (Å²) in [5.41, 5.74) is -0.664. The highest BCUT2D eigenvalue weighted by atomic mass is 19.4. The topological polar surface area (TPSA) is 64.6 Å². The first kappa shape index (κ1) is 19.7. The standard InChI is InChI=1S/C13H22F3NO4/c1-5-21-11(19)9(12(2,3)4)10(18)17-6-7-20-8-13(14,15)16/h9H,5-8H2,1-4H3,(H,17,18). The molecule has 8 heteroatoms. The van der Waals surface area contributed by atoms with Gasteiger partial charge in [-0.1, -0.05) is 20.8 Å². The minimum absolute atomic E-state index is 0.110. The summed E-state index contributed by atoms with van der Waals surface area (Å²) >= 11 is 0. The Bertz CT molecular complexity index is 350. The van der Waals surface area contributed by atoms with Gasteiger partial charge in [0.15, 0.2) is 0 Å². The number of hydrogen-bond acceptors (Lipinski definition) is 4. The average Bonchev–Trinajstić information content (AvgIpc) is 2.25. The molecule has 0 aromatic carbocycles. The number of nitrogens with one attached hydrogen (secondary N) is 1. The molecule has 0 bridgehead atoms. The number of amides is 1. The molecule has 21 heavy (non-hydrogen) atoms. The van der Waals surface area contributed by atoms with Crippen LogP contribution in [0.15, 0.2) is 0 Å². The fourth-order valence-electron chi connectivity index (χ4n) is 1.62. The summed E-state index contributed by atoms with van der Waals surface area (Å²) in [5, 5.41) is 2.38. The molecule has 0 heterocycles. The van der Waals surface area contributed by atoms with E-state index in [4.69, 9.17) is 4.74 Å². The highest BCUT2D eigenvalue weighted by Crippen LogP contribution is 2.27. The summed E-state index contributed by atoms with van der Waals surface area (Å²) in [6, 6.07) is 0.